The van der Waals surface area contributed by atoms with E-state index in [1.807, 2.05) is 0 Å². The molecule has 0 aliphatic carbocycles. The summed E-state index contributed by atoms with van der Waals surface area (Å²) in [6.45, 7) is 8.32. The first-order valence-electron chi connectivity index (χ1n) is 8.81. The van der Waals surface area contributed by atoms with Crippen LogP contribution in [0.1, 0.15) is 10.4 Å². The van der Waals surface area contributed by atoms with Crippen molar-refractivity contribution in [2.45, 2.75) is 0 Å². The molecule has 1 aromatic heterocycles. The summed E-state index contributed by atoms with van der Waals surface area (Å²) in [5.41, 5.74) is 2.74. The lowest BCUT2D eigenvalue weighted by Gasteiger charge is -2.34. The number of aromatic nitrogens is 1. The Hall–Kier alpha value is -2.86. The van der Waals surface area contributed by atoms with Crippen molar-refractivity contribution in [3.8, 4) is 0 Å². The minimum absolute atomic E-state index is 0.152. The van der Waals surface area contributed by atoms with Gasteiger partial charge in [0.25, 0.3) is 5.91 Å². The number of hydrogen-bond donors (Lipinski definition) is 2. The molecule has 0 spiro atoms. The number of benzene rings is 1. The van der Waals surface area contributed by atoms with Crippen molar-refractivity contribution in [1.29, 1.82) is 0 Å². The van der Waals surface area contributed by atoms with E-state index in [1.54, 1.807) is 24.4 Å². The number of hydrogen-bond acceptors (Lipinski definition) is 5. The number of rotatable bonds is 6. The van der Waals surface area contributed by atoms with Crippen molar-refractivity contribution in [3.63, 3.8) is 0 Å². The van der Waals surface area contributed by atoms with Crippen molar-refractivity contribution < 1.29 is 4.79 Å². The van der Waals surface area contributed by atoms with E-state index in [1.165, 1.54) is 5.69 Å². The number of piperazine rings is 1. The summed E-state index contributed by atoms with van der Waals surface area (Å²) in [5, 5.41) is 6.00. The number of carbonyl (C=O) groups excluding carboxylic acids is 1. The van der Waals surface area contributed by atoms with Crippen LogP contribution in [0, 0.1) is 0 Å². The van der Waals surface area contributed by atoms with Crippen LogP contribution in [-0.2, 0) is 0 Å². The number of nitrogens with one attached hydrogen (secondary N) is 2. The van der Waals surface area contributed by atoms with E-state index in [0.717, 1.165) is 31.9 Å². The molecule has 6 heteroatoms. The van der Waals surface area contributed by atoms with Crippen molar-refractivity contribution in [3.05, 3.63) is 60.8 Å². The predicted molar refractivity (Wildman–Crippen MR) is 106 cm³/mol. The molecule has 0 unspecified atom stereocenters. The molecule has 3 rings (SSSR count). The zero-order chi connectivity index (χ0) is 18.4. The molecule has 1 saturated heterocycles. The van der Waals surface area contributed by atoms with Crippen molar-refractivity contribution in [1.82, 2.24) is 15.2 Å². The third-order valence-corrected chi connectivity index (χ3v) is 4.44. The summed E-state index contributed by atoms with van der Waals surface area (Å²) in [6.07, 6.45) is 3.21. The van der Waals surface area contributed by atoms with E-state index in [0.29, 0.717) is 17.9 Å². The number of nitrogens with zero attached hydrogens (tertiary/aromatic N) is 3. The second kappa shape index (κ2) is 8.49. The Kier molecular flexibility index (Phi) is 5.86. The highest BCUT2D eigenvalue weighted by Crippen LogP contribution is 2.21. The van der Waals surface area contributed by atoms with Crippen LogP contribution in [-0.4, -0.2) is 55.6 Å². The van der Waals surface area contributed by atoms with E-state index < -0.39 is 0 Å². The molecule has 136 valence electrons. The lowest BCUT2D eigenvalue weighted by Crippen LogP contribution is -2.44. The molecule has 1 aliphatic rings. The standard InChI is InChI=1S/C20H25N5O/c1-3-10-21-20(26)16-4-9-19(22-15-16)23-17-5-7-18(8-6-17)25-13-11-24(2)12-14-25/h3-9,15H,1,10-14H2,2H3,(H,21,26)(H,22,23). The third-order valence-electron chi connectivity index (χ3n) is 4.44. The summed E-state index contributed by atoms with van der Waals surface area (Å²) < 4.78 is 0. The number of carbonyl (C=O) groups is 1. The van der Waals surface area contributed by atoms with Gasteiger partial charge >= 0.3 is 0 Å². The topological polar surface area (TPSA) is 60.5 Å². The number of likely N-dealkylation sites (N-methyl/N-ethyl adjacent to an activating group) is 1. The molecule has 1 aromatic carbocycles. The largest absolute Gasteiger partial charge is 0.369 e. The zero-order valence-corrected chi connectivity index (χ0v) is 15.1. The third kappa shape index (κ3) is 4.61. The Labute approximate surface area is 154 Å². The minimum atomic E-state index is -0.152. The lowest BCUT2D eigenvalue weighted by molar-refractivity contribution is 0.0957. The molecule has 6 nitrogen and oxygen atoms in total. The van der Waals surface area contributed by atoms with Gasteiger partial charge in [-0.2, -0.15) is 0 Å². The molecule has 0 bridgehead atoms. The molecule has 26 heavy (non-hydrogen) atoms. The smallest absolute Gasteiger partial charge is 0.253 e. The zero-order valence-electron chi connectivity index (χ0n) is 15.1. The summed E-state index contributed by atoms with van der Waals surface area (Å²) in [5.74, 6) is 0.554. The van der Waals surface area contributed by atoms with Gasteiger partial charge in [0.05, 0.1) is 5.56 Å². The molecular weight excluding hydrogens is 326 g/mol. The Balaban J connectivity index is 1.58. The average Bonchev–Trinajstić information content (AvgIpc) is 2.68. The molecule has 0 atom stereocenters. The molecule has 1 fully saturated rings. The molecule has 2 N–H and O–H groups in total. The van der Waals surface area contributed by atoms with Crippen LogP contribution < -0.4 is 15.5 Å². The highest BCUT2D eigenvalue weighted by Gasteiger charge is 2.14. The minimum Gasteiger partial charge on any atom is -0.369 e. The van der Waals surface area contributed by atoms with Gasteiger partial charge in [-0.05, 0) is 43.4 Å². The van der Waals surface area contributed by atoms with Gasteiger partial charge in [0, 0.05) is 50.3 Å². The van der Waals surface area contributed by atoms with Crippen LogP contribution in [0.15, 0.2) is 55.3 Å². The molecule has 1 amide bonds. The van der Waals surface area contributed by atoms with Crippen LogP contribution in [0.25, 0.3) is 0 Å². The van der Waals surface area contributed by atoms with Crippen molar-refractivity contribution in [2.75, 3.05) is 50.0 Å². The Bertz CT molecular complexity index is 734. The first-order valence-corrected chi connectivity index (χ1v) is 8.81. The average molecular weight is 351 g/mol. The summed E-state index contributed by atoms with van der Waals surface area (Å²) in [7, 11) is 2.16. The molecule has 2 heterocycles. The molecule has 0 radical (unpaired) electrons. The van der Waals surface area contributed by atoms with Crippen LogP contribution >= 0.6 is 0 Å². The van der Waals surface area contributed by atoms with Gasteiger partial charge in [0.15, 0.2) is 0 Å². The second-order valence-corrected chi connectivity index (χ2v) is 6.39. The van der Waals surface area contributed by atoms with Crippen LogP contribution in [0.2, 0.25) is 0 Å². The van der Waals surface area contributed by atoms with Crippen LogP contribution in [0.4, 0.5) is 17.2 Å². The Morgan fingerprint density at radius 2 is 1.88 bits per heavy atom. The normalized spacial score (nSPS) is 14.7. The fourth-order valence-electron chi connectivity index (χ4n) is 2.84. The van der Waals surface area contributed by atoms with Gasteiger partial charge in [-0.1, -0.05) is 6.08 Å². The lowest BCUT2D eigenvalue weighted by atomic mass is 10.2. The summed E-state index contributed by atoms with van der Waals surface area (Å²) in [6, 6.07) is 11.9. The summed E-state index contributed by atoms with van der Waals surface area (Å²) in [4.78, 5) is 20.9. The van der Waals surface area contributed by atoms with Gasteiger partial charge < -0.3 is 20.4 Å². The highest BCUT2D eigenvalue weighted by molar-refractivity contribution is 5.94. The predicted octanol–water partition coefficient (Wildman–Crippen LogP) is 2.49. The monoisotopic (exact) mass is 351 g/mol. The maximum absolute atomic E-state index is 11.9. The first-order chi connectivity index (χ1) is 12.7. The fourth-order valence-corrected chi connectivity index (χ4v) is 2.84. The van der Waals surface area contributed by atoms with Gasteiger partial charge in [-0.25, -0.2) is 4.98 Å². The quantitative estimate of drug-likeness (QED) is 0.783. The van der Waals surface area contributed by atoms with E-state index in [-0.39, 0.29) is 5.91 Å². The maximum atomic E-state index is 11.9. The Morgan fingerprint density at radius 3 is 2.50 bits per heavy atom. The second-order valence-electron chi connectivity index (χ2n) is 6.39. The van der Waals surface area contributed by atoms with E-state index in [2.05, 4.69) is 63.3 Å². The molecule has 2 aromatic rings. The number of pyridine rings is 1. The van der Waals surface area contributed by atoms with E-state index in [9.17, 15) is 4.79 Å². The Morgan fingerprint density at radius 1 is 1.15 bits per heavy atom. The molecular formula is C20H25N5O. The number of anilines is 3. The van der Waals surface area contributed by atoms with Crippen LogP contribution in [0.3, 0.4) is 0 Å². The van der Waals surface area contributed by atoms with Gasteiger partial charge in [0.2, 0.25) is 0 Å². The highest BCUT2D eigenvalue weighted by atomic mass is 16.1. The fraction of sp³-hybridized carbons (Fsp3) is 0.300. The van der Waals surface area contributed by atoms with Gasteiger partial charge in [0.1, 0.15) is 5.82 Å². The molecule has 1 aliphatic heterocycles. The first kappa shape index (κ1) is 17.9. The van der Waals surface area contributed by atoms with Gasteiger partial charge in [-0.3, -0.25) is 4.79 Å². The molecule has 0 saturated carbocycles. The van der Waals surface area contributed by atoms with E-state index >= 15 is 0 Å². The SMILES string of the molecule is C=CCNC(=O)c1ccc(Nc2ccc(N3CCN(C)CC3)cc2)nc1. The van der Waals surface area contributed by atoms with Crippen LogP contribution in [0.5, 0.6) is 0 Å². The van der Waals surface area contributed by atoms with Crippen molar-refractivity contribution >= 4 is 23.1 Å². The van der Waals surface area contributed by atoms with Gasteiger partial charge in [-0.15, -0.1) is 6.58 Å². The van der Waals surface area contributed by atoms with Crippen molar-refractivity contribution in [2.24, 2.45) is 0 Å². The maximum Gasteiger partial charge on any atom is 0.253 e. The summed E-state index contributed by atoms with van der Waals surface area (Å²) >= 11 is 0. The number of amides is 1. The van der Waals surface area contributed by atoms with E-state index in [4.69, 9.17) is 0 Å².